The Morgan fingerprint density at radius 3 is 2.29 bits per heavy atom. The summed E-state index contributed by atoms with van der Waals surface area (Å²) in [4.78, 5) is 13.0. The average Bonchev–Trinajstić information content (AvgIpc) is 2.82. The molecule has 2 fully saturated rings. The molecule has 2 atom stereocenters. The maximum atomic E-state index is 12.4. The van der Waals surface area contributed by atoms with E-state index in [9.17, 15) is 18.0 Å². The van der Waals surface area contributed by atoms with E-state index in [1.54, 1.807) is 6.92 Å². The molecule has 2 rings (SSSR count). The summed E-state index contributed by atoms with van der Waals surface area (Å²) in [6, 6.07) is 0. The van der Waals surface area contributed by atoms with Crippen LogP contribution in [0.15, 0.2) is 0 Å². The van der Waals surface area contributed by atoms with Gasteiger partial charge in [-0.05, 0) is 37.5 Å². The molecule has 0 bridgehead atoms. The lowest BCUT2D eigenvalue weighted by Gasteiger charge is -2.26. The van der Waals surface area contributed by atoms with Crippen molar-refractivity contribution in [1.82, 2.24) is 4.90 Å². The smallest absolute Gasteiger partial charge is 0.333 e. The highest BCUT2D eigenvalue weighted by atomic mass is 19.4. The fraction of sp³-hybridized carbons (Fsp3) is 0.917. The maximum absolute atomic E-state index is 12.4. The molecular formula is C12H18F3NO. The van der Waals surface area contributed by atoms with Gasteiger partial charge >= 0.3 is 6.18 Å². The molecule has 17 heavy (non-hydrogen) atoms. The van der Waals surface area contributed by atoms with Gasteiger partial charge in [0.1, 0.15) is 6.54 Å². The van der Waals surface area contributed by atoms with Crippen LogP contribution in [0.3, 0.4) is 0 Å². The van der Waals surface area contributed by atoms with Gasteiger partial charge in [0.25, 0.3) is 0 Å². The van der Waals surface area contributed by atoms with Crippen molar-refractivity contribution < 1.29 is 18.0 Å². The molecule has 0 spiro atoms. The summed E-state index contributed by atoms with van der Waals surface area (Å²) in [5, 5.41) is 0. The number of carbonyl (C=O) groups is 1. The molecule has 0 aliphatic heterocycles. The summed E-state index contributed by atoms with van der Waals surface area (Å²) < 4.78 is 37.1. The van der Waals surface area contributed by atoms with Gasteiger partial charge in [-0.25, -0.2) is 0 Å². The third-order valence-corrected chi connectivity index (χ3v) is 3.77. The first-order chi connectivity index (χ1) is 7.90. The first-order valence-corrected chi connectivity index (χ1v) is 6.26. The molecule has 2 aliphatic rings. The predicted octanol–water partition coefficient (Wildman–Crippen LogP) is 2.83. The van der Waals surface area contributed by atoms with Gasteiger partial charge in [-0.2, -0.15) is 13.2 Å². The summed E-state index contributed by atoms with van der Waals surface area (Å²) in [6.45, 7) is 0.915. The van der Waals surface area contributed by atoms with Crippen molar-refractivity contribution in [2.45, 2.75) is 38.8 Å². The van der Waals surface area contributed by atoms with Crippen LogP contribution in [0.4, 0.5) is 13.2 Å². The fourth-order valence-electron chi connectivity index (χ4n) is 2.93. The summed E-state index contributed by atoms with van der Waals surface area (Å²) in [7, 11) is 0. The Bertz CT molecular complexity index is 293. The van der Waals surface area contributed by atoms with Crippen LogP contribution in [-0.4, -0.2) is 30.1 Å². The lowest BCUT2D eigenvalue weighted by atomic mass is 10.0. The van der Waals surface area contributed by atoms with Gasteiger partial charge in [0.15, 0.2) is 0 Å². The molecular weight excluding hydrogens is 231 g/mol. The van der Waals surface area contributed by atoms with E-state index in [1.165, 1.54) is 6.42 Å². The summed E-state index contributed by atoms with van der Waals surface area (Å²) in [6.07, 6.45) is -0.923. The molecule has 0 N–H and O–H groups in total. The minimum absolute atomic E-state index is 0.146. The van der Waals surface area contributed by atoms with Crippen molar-refractivity contribution in [3.63, 3.8) is 0 Å². The SMILES string of the molecule is CCCN(CC(F)(F)F)C(=O)C1CC2CC2C1. The topological polar surface area (TPSA) is 20.3 Å². The summed E-state index contributed by atoms with van der Waals surface area (Å²) in [5.74, 6) is 0.820. The van der Waals surface area contributed by atoms with Crippen molar-refractivity contribution in [2.75, 3.05) is 13.1 Å². The van der Waals surface area contributed by atoms with Gasteiger partial charge in [-0.15, -0.1) is 0 Å². The van der Waals surface area contributed by atoms with Crippen molar-refractivity contribution >= 4 is 5.91 Å². The third kappa shape index (κ3) is 3.13. The molecule has 0 aromatic carbocycles. The van der Waals surface area contributed by atoms with Gasteiger partial charge in [0.05, 0.1) is 0 Å². The lowest BCUT2D eigenvalue weighted by Crippen LogP contribution is -2.42. The highest BCUT2D eigenvalue weighted by Gasteiger charge is 2.49. The summed E-state index contributed by atoms with van der Waals surface area (Å²) in [5.41, 5.74) is 0. The van der Waals surface area contributed by atoms with Crippen LogP contribution in [-0.2, 0) is 4.79 Å². The number of nitrogens with zero attached hydrogens (tertiary/aromatic N) is 1. The van der Waals surface area contributed by atoms with Gasteiger partial charge in [-0.1, -0.05) is 6.92 Å². The Morgan fingerprint density at radius 2 is 1.82 bits per heavy atom. The minimum atomic E-state index is -4.29. The molecule has 2 nitrogen and oxygen atoms in total. The second-order valence-electron chi connectivity index (χ2n) is 5.30. The van der Waals surface area contributed by atoms with Crippen LogP contribution >= 0.6 is 0 Å². The number of hydrogen-bond donors (Lipinski definition) is 0. The van der Waals surface area contributed by atoms with Crippen LogP contribution < -0.4 is 0 Å². The Morgan fingerprint density at radius 1 is 1.24 bits per heavy atom. The molecule has 0 aromatic rings. The zero-order chi connectivity index (χ0) is 12.6. The molecule has 0 saturated heterocycles. The normalized spacial score (nSPS) is 31.2. The first kappa shape index (κ1) is 12.7. The number of amides is 1. The van der Waals surface area contributed by atoms with E-state index in [0.29, 0.717) is 18.3 Å². The summed E-state index contributed by atoms with van der Waals surface area (Å²) >= 11 is 0. The van der Waals surface area contributed by atoms with Crippen molar-refractivity contribution in [3.05, 3.63) is 0 Å². The predicted molar refractivity (Wildman–Crippen MR) is 57.2 cm³/mol. The number of carbonyl (C=O) groups excluding carboxylic acids is 1. The molecule has 2 aliphatic carbocycles. The van der Waals surface area contributed by atoms with Gasteiger partial charge in [-0.3, -0.25) is 4.79 Å². The van der Waals surface area contributed by atoms with Crippen molar-refractivity contribution in [3.8, 4) is 0 Å². The van der Waals surface area contributed by atoms with Crippen molar-refractivity contribution in [1.29, 1.82) is 0 Å². The molecule has 0 heterocycles. The van der Waals surface area contributed by atoms with Crippen LogP contribution in [0.2, 0.25) is 0 Å². The Hall–Kier alpha value is -0.740. The molecule has 2 saturated carbocycles. The van der Waals surface area contributed by atoms with Gasteiger partial charge in [0, 0.05) is 12.5 Å². The van der Waals surface area contributed by atoms with E-state index < -0.39 is 12.7 Å². The van der Waals surface area contributed by atoms with Crippen LogP contribution in [0, 0.1) is 17.8 Å². The highest BCUT2D eigenvalue weighted by molar-refractivity contribution is 5.79. The van der Waals surface area contributed by atoms with Gasteiger partial charge in [0.2, 0.25) is 5.91 Å². The quantitative estimate of drug-likeness (QED) is 0.750. The molecule has 0 aromatic heterocycles. The van der Waals surface area contributed by atoms with E-state index in [1.807, 2.05) is 0 Å². The number of hydrogen-bond acceptors (Lipinski definition) is 1. The number of alkyl halides is 3. The van der Waals surface area contributed by atoms with E-state index in [-0.39, 0.29) is 18.4 Å². The number of halogens is 3. The number of rotatable bonds is 4. The Balaban J connectivity index is 1.92. The standard InChI is InChI=1S/C12H18F3NO/c1-2-3-16(7-12(13,14)15)11(17)10-5-8-4-9(8)6-10/h8-10H,2-7H2,1H3. The highest BCUT2D eigenvalue weighted by Crippen LogP contribution is 2.54. The molecule has 98 valence electrons. The molecule has 0 radical (unpaired) electrons. The second kappa shape index (κ2) is 4.50. The van der Waals surface area contributed by atoms with Gasteiger partial charge < -0.3 is 4.90 Å². The van der Waals surface area contributed by atoms with E-state index in [2.05, 4.69) is 0 Å². The molecule has 1 amide bonds. The van der Waals surface area contributed by atoms with E-state index >= 15 is 0 Å². The lowest BCUT2D eigenvalue weighted by molar-refractivity contribution is -0.163. The monoisotopic (exact) mass is 249 g/mol. The van der Waals surface area contributed by atoms with E-state index in [4.69, 9.17) is 0 Å². The zero-order valence-corrected chi connectivity index (χ0v) is 9.96. The largest absolute Gasteiger partial charge is 0.406 e. The second-order valence-corrected chi connectivity index (χ2v) is 5.30. The fourth-order valence-corrected chi connectivity index (χ4v) is 2.93. The van der Waals surface area contributed by atoms with Crippen LogP contribution in [0.5, 0.6) is 0 Å². The Labute approximate surface area is 99.2 Å². The Kier molecular flexibility index (Phi) is 3.36. The van der Waals surface area contributed by atoms with Crippen LogP contribution in [0.1, 0.15) is 32.6 Å². The van der Waals surface area contributed by atoms with E-state index in [0.717, 1.165) is 17.7 Å². The maximum Gasteiger partial charge on any atom is 0.406 e. The first-order valence-electron chi connectivity index (χ1n) is 6.26. The molecule has 5 heteroatoms. The van der Waals surface area contributed by atoms with Crippen LogP contribution in [0.25, 0.3) is 0 Å². The average molecular weight is 249 g/mol. The molecule has 2 unspecified atom stereocenters. The number of fused-ring (bicyclic) bond motifs is 1. The zero-order valence-electron chi connectivity index (χ0n) is 9.96. The minimum Gasteiger partial charge on any atom is -0.333 e. The third-order valence-electron chi connectivity index (χ3n) is 3.77. The van der Waals surface area contributed by atoms with Crippen molar-refractivity contribution in [2.24, 2.45) is 17.8 Å².